The zero-order valence-corrected chi connectivity index (χ0v) is 22.8. The number of carbonyl (C=O) groups excluding carboxylic acids is 1. The van der Waals surface area contributed by atoms with E-state index in [1.807, 2.05) is 51.1 Å². The molecule has 0 saturated carbocycles. The first-order chi connectivity index (χ1) is 15.6. The van der Waals surface area contributed by atoms with Crippen molar-refractivity contribution in [2.75, 3.05) is 12.4 Å². The van der Waals surface area contributed by atoms with Gasteiger partial charge in [0.2, 0.25) is 5.91 Å². The van der Waals surface area contributed by atoms with Crippen LogP contribution in [-0.4, -0.2) is 42.4 Å². The van der Waals surface area contributed by atoms with Gasteiger partial charge >= 0.3 is 0 Å². The van der Waals surface area contributed by atoms with Gasteiger partial charge in [-0.25, -0.2) is 8.42 Å². The van der Waals surface area contributed by atoms with E-state index in [9.17, 15) is 13.2 Å². The second-order valence-electron chi connectivity index (χ2n) is 10.9. The fourth-order valence-corrected chi connectivity index (χ4v) is 6.06. The maximum atomic E-state index is 13.5. The Hall–Kier alpha value is -1.60. The third-order valence-electron chi connectivity index (χ3n) is 6.30. The van der Waals surface area contributed by atoms with Gasteiger partial charge < -0.3 is 9.64 Å². The third-order valence-corrected chi connectivity index (χ3v) is 9.40. The first-order valence-corrected chi connectivity index (χ1v) is 13.7. The number of ether oxygens (including phenoxy) is 1. The molecule has 34 heavy (non-hydrogen) atoms. The van der Waals surface area contributed by atoms with Crippen molar-refractivity contribution in [3.63, 3.8) is 0 Å². The number of halogens is 2. The second-order valence-corrected chi connectivity index (χ2v) is 14.5. The Bertz CT molecular complexity index is 1130. The zero-order valence-electron chi connectivity index (χ0n) is 20.5. The molecule has 5 nitrogen and oxygen atoms in total. The maximum Gasteiger partial charge on any atom is 0.249 e. The fourth-order valence-electron chi connectivity index (χ4n) is 4.16. The van der Waals surface area contributed by atoms with Gasteiger partial charge in [0.25, 0.3) is 0 Å². The van der Waals surface area contributed by atoms with Gasteiger partial charge in [-0.2, -0.15) is 0 Å². The Morgan fingerprint density at radius 3 is 2.12 bits per heavy atom. The van der Waals surface area contributed by atoms with Gasteiger partial charge in [-0.1, -0.05) is 68.2 Å². The largest absolute Gasteiger partial charge is 0.361 e. The number of nitrogens with zero attached hydrogens (tertiary/aromatic N) is 1. The Kier molecular flexibility index (Phi) is 7.79. The van der Waals surface area contributed by atoms with Crippen molar-refractivity contribution in [3.8, 4) is 0 Å². The van der Waals surface area contributed by atoms with Crippen LogP contribution in [0, 0.1) is 5.41 Å². The van der Waals surface area contributed by atoms with Crippen LogP contribution in [0.25, 0.3) is 0 Å². The van der Waals surface area contributed by atoms with Crippen molar-refractivity contribution in [3.05, 3.63) is 69.7 Å². The van der Waals surface area contributed by atoms with Gasteiger partial charge in [0.15, 0.2) is 9.84 Å². The van der Waals surface area contributed by atoms with E-state index in [0.29, 0.717) is 10.0 Å². The first kappa shape index (κ1) is 27.0. The predicted molar refractivity (Wildman–Crippen MR) is 138 cm³/mol. The molecule has 8 heteroatoms. The summed E-state index contributed by atoms with van der Waals surface area (Å²) >= 11 is 12.4. The Labute approximate surface area is 213 Å². The number of hydrogen-bond donors (Lipinski definition) is 0. The van der Waals surface area contributed by atoms with Crippen LogP contribution in [0.1, 0.15) is 64.8 Å². The van der Waals surface area contributed by atoms with Gasteiger partial charge in [0.05, 0.1) is 22.6 Å². The minimum atomic E-state index is -3.53. The molecule has 0 spiro atoms. The lowest BCUT2D eigenvalue weighted by Gasteiger charge is -2.49. The number of sulfone groups is 1. The first-order valence-electron chi connectivity index (χ1n) is 11.3. The van der Waals surface area contributed by atoms with Crippen molar-refractivity contribution in [2.45, 2.75) is 64.5 Å². The molecule has 0 aliphatic carbocycles. The minimum absolute atomic E-state index is 0.149. The summed E-state index contributed by atoms with van der Waals surface area (Å²) in [7, 11) is -3.53. The molecule has 3 atom stereocenters. The lowest BCUT2D eigenvalue weighted by molar-refractivity contribution is -0.166. The molecule has 1 amide bonds. The molecular weight excluding hydrogens is 493 g/mol. The van der Waals surface area contributed by atoms with Crippen molar-refractivity contribution < 1.29 is 17.9 Å². The van der Waals surface area contributed by atoms with Crippen LogP contribution >= 0.6 is 23.2 Å². The van der Waals surface area contributed by atoms with E-state index in [2.05, 4.69) is 0 Å². The van der Waals surface area contributed by atoms with E-state index in [1.54, 1.807) is 43.9 Å². The number of amides is 1. The highest BCUT2D eigenvalue weighted by Gasteiger charge is 2.48. The van der Waals surface area contributed by atoms with Gasteiger partial charge in [-0.05, 0) is 61.6 Å². The molecule has 2 aromatic rings. The molecule has 1 saturated heterocycles. The van der Waals surface area contributed by atoms with Crippen LogP contribution in [0.2, 0.25) is 10.0 Å². The summed E-state index contributed by atoms with van der Waals surface area (Å²) in [6.07, 6.45) is -0.528. The minimum Gasteiger partial charge on any atom is -0.361 e. The molecule has 0 N–H and O–H groups in total. The second kappa shape index (κ2) is 9.81. The van der Waals surface area contributed by atoms with Gasteiger partial charge in [0.1, 0.15) is 12.7 Å². The molecule has 1 aliphatic rings. The van der Waals surface area contributed by atoms with Crippen molar-refractivity contribution >= 4 is 38.9 Å². The average Bonchev–Trinajstić information content (AvgIpc) is 2.71. The molecule has 2 aromatic carbocycles. The van der Waals surface area contributed by atoms with Crippen LogP contribution in [-0.2, 0) is 19.4 Å². The smallest absolute Gasteiger partial charge is 0.249 e. The molecule has 1 aliphatic heterocycles. The lowest BCUT2D eigenvalue weighted by Crippen LogP contribution is -2.58. The zero-order chi connectivity index (χ0) is 25.5. The van der Waals surface area contributed by atoms with E-state index in [1.165, 1.54) is 0 Å². The molecule has 1 heterocycles. The molecule has 3 rings (SSSR count). The van der Waals surface area contributed by atoms with Crippen LogP contribution in [0.15, 0.2) is 48.5 Å². The number of hydrogen-bond acceptors (Lipinski definition) is 4. The van der Waals surface area contributed by atoms with E-state index in [0.717, 1.165) is 11.1 Å². The molecule has 0 radical (unpaired) electrons. The SMILES string of the molecule is CC(C)(C)C(CS(=O)(=O)C(C)(C)C)N1C(=O)CO[C@H](c2cccc(Cl)c2)[C@H]1c1ccc(Cl)cc1. The summed E-state index contributed by atoms with van der Waals surface area (Å²) in [5, 5.41) is 1.13. The number of benzene rings is 2. The fraction of sp³-hybridized carbons (Fsp3) is 0.500. The van der Waals surface area contributed by atoms with Crippen LogP contribution in [0.3, 0.4) is 0 Å². The van der Waals surface area contributed by atoms with Gasteiger partial charge in [-0.3, -0.25) is 4.79 Å². The summed E-state index contributed by atoms with van der Waals surface area (Å²) in [4.78, 5) is 15.2. The van der Waals surface area contributed by atoms with Crippen molar-refractivity contribution in [1.29, 1.82) is 0 Å². The predicted octanol–water partition coefficient (Wildman–Crippen LogP) is 6.26. The topological polar surface area (TPSA) is 63.7 Å². The molecule has 1 fully saturated rings. The summed E-state index contributed by atoms with van der Waals surface area (Å²) in [5.41, 5.74) is 1.11. The number of morpholine rings is 1. The van der Waals surface area contributed by atoms with Crippen LogP contribution in [0.4, 0.5) is 0 Å². The molecule has 0 aromatic heterocycles. The van der Waals surface area contributed by atoms with E-state index in [4.69, 9.17) is 27.9 Å². The normalized spacial score (nSPS) is 20.9. The lowest BCUT2D eigenvalue weighted by atomic mass is 9.83. The Morgan fingerprint density at radius 1 is 0.971 bits per heavy atom. The van der Waals surface area contributed by atoms with E-state index in [-0.39, 0.29) is 18.3 Å². The van der Waals surface area contributed by atoms with Crippen LogP contribution in [0.5, 0.6) is 0 Å². The van der Waals surface area contributed by atoms with Crippen molar-refractivity contribution in [1.82, 2.24) is 4.90 Å². The highest BCUT2D eigenvalue weighted by Crippen LogP contribution is 2.45. The summed E-state index contributed by atoms with van der Waals surface area (Å²) < 4.78 is 31.8. The molecule has 186 valence electrons. The number of rotatable bonds is 5. The van der Waals surface area contributed by atoms with Crippen molar-refractivity contribution in [2.24, 2.45) is 5.41 Å². The molecular formula is C26H33Cl2NO4S. The summed E-state index contributed by atoms with van der Waals surface area (Å²) in [5.74, 6) is -0.403. The van der Waals surface area contributed by atoms with Crippen LogP contribution < -0.4 is 0 Å². The Morgan fingerprint density at radius 2 is 1.59 bits per heavy atom. The van der Waals surface area contributed by atoms with Gasteiger partial charge in [-0.15, -0.1) is 0 Å². The van der Waals surface area contributed by atoms with E-state index < -0.39 is 38.2 Å². The highest BCUT2D eigenvalue weighted by atomic mass is 35.5. The highest BCUT2D eigenvalue weighted by molar-refractivity contribution is 7.92. The monoisotopic (exact) mass is 525 g/mol. The van der Waals surface area contributed by atoms with E-state index >= 15 is 0 Å². The third kappa shape index (κ3) is 5.78. The molecule has 1 unspecified atom stereocenters. The quantitative estimate of drug-likeness (QED) is 0.461. The Balaban J connectivity index is 2.20. The summed E-state index contributed by atoms with van der Waals surface area (Å²) in [6.45, 7) is 10.8. The maximum absolute atomic E-state index is 13.5. The average molecular weight is 527 g/mol. The summed E-state index contributed by atoms with van der Waals surface area (Å²) in [6, 6.07) is 13.4. The van der Waals surface area contributed by atoms with Gasteiger partial charge in [0, 0.05) is 10.0 Å². The number of carbonyl (C=O) groups is 1. The standard InChI is InChI=1S/C26H33Cl2NO4S/c1-25(2,3)21(16-34(31,32)26(4,5)6)29-22(30)15-33-24(18-8-7-9-20(28)14-18)23(29)17-10-12-19(27)13-11-17/h7-14,21,23-24H,15-16H2,1-6H3/t21?,23-,24-/m1/s1. The molecule has 0 bridgehead atoms.